The summed E-state index contributed by atoms with van der Waals surface area (Å²) < 4.78 is 0. The number of nitriles is 1. The van der Waals surface area contributed by atoms with Gasteiger partial charge in [-0.1, -0.05) is 42.8 Å². The van der Waals surface area contributed by atoms with Crippen LogP contribution in [-0.4, -0.2) is 29.3 Å². The Hall–Kier alpha value is -3.37. The van der Waals surface area contributed by atoms with Crippen LogP contribution in [0.1, 0.15) is 43.0 Å². The Morgan fingerprint density at radius 1 is 1.20 bits per heavy atom. The lowest BCUT2D eigenvalue weighted by molar-refractivity contribution is -0.135. The monoisotopic (exact) mass is 424 g/mol. The summed E-state index contributed by atoms with van der Waals surface area (Å²) in [6.07, 6.45) is 0.635. The first kappa shape index (κ1) is 21.3. The fourth-order valence-corrected chi connectivity index (χ4v) is 3.54. The first-order valence-corrected chi connectivity index (χ1v) is 9.86. The lowest BCUT2D eigenvalue weighted by Crippen LogP contribution is -2.43. The van der Waals surface area contributed by atoms with E-state index in [0.717, 1.165) is 10.5 Å². The molecule has 1 saturated heterocycles. The molecular formula is C22H21ClN4O3. The molecular weight excluding hydrogens is 404 g/mol. The zero-order chi connectivity index (χ0) is 21.9. The number of benzene rings is 2. The van der Waals surface area contributed by atoms with Crippen molar-refractivity contribution in [3.63, 3.8) is 0 Å². The molecule has 0 saturated carbocycles. The van der Waals surface area contributed by atoms with E-state index in [2.05, 4.69) is 10.6 Å². The molecule has 154 valence electrons. The summed E-state index contributed by atoms with van der Waals surface area (Å²) >= 11 is 5.91. The van der Waals surface area contributed by atoms with Crippen LogP contribution >= 0.6 is 11.6 Å². The second-order valence-electron chi connectivity index (χ2n) is 7.22. The number of halogens is 1. The van der Waals surface area contributed by atoms with Gasteiger partial charge in [0.2, 0.25) is 5.91 Å². The lowest BCUT2D eigenvalue weighted by atomic mass is 9.91. The summed E-state index contributed by atoms with van der Waals surface area (Å²) in [5.41, 5.74) is 0.569. The minimum Gasteiger partial charge on any atom is -0.348 e. The predicted octanol–water partition coefficient (Wildman–Crippen LogP) is 3.25. The summed E-state index contributed by atoms with van der Waals surface area (Å²) in [5, 5.41) is 15.0. The van der Waals surface area contributed by atoms with Crippen LogP contribution in [0.3, 0.4) is 0 Å². The number of imide groups is 1. The Bertz CT molecular complexity index is 1010. The normalized spacial score (nSPS) is 19.2. The van der Waals surface area contributed by atoms with Gasteiger partial charge in [0.1, 0.15) is 12.1 Å². The molecule has 4 amide bonds. The molecule has 2 aromatic rings. The molecule has 30 heavy (non-hydrogen) atoms. The van der Waals surface area contributed by atoms with Crippen LogP contribution in [0, 0.1) is 11.3 Å². The molecule has 2 N–H and O–H groups in total. The molecule has 0 aliphatic carbocycles. The number of carbonyl (C=O) groups excluding carboxylic acids is 3. The third kappa shape index (κ3) is 4.14. The van der Waals surface area contributed by atoms with E-state index >= 15 is 0 Å². The van der Waals surface area contributed by atoms with Gasteiger partial charge in [-0.25, -0.2) is 4.79 Å². The molecule has 0 radical (unpaired) electrons. The van der Waals surface area contributed by atoms with Crippen molar-refractivity contribution in [3.8, 4) is 6.07 Å². The van der Waals surface area contributed by atoms with E-state index < -0.39 is 23.4 Å². The van der Waals surface area contributed by atoms with Crippen LogP contribution in [0.15, 0.2) is 48.5 Å². The maximum Gasteiger partial charge on any atom is 0.325 e. The molecule has 0 spiro atoms. The minimum atomic E-state index is -1.30. The number of nitrogens with zero attached hydrogens (tertiary/aromatic N) is 2. The van der Waals surface area contributed by atoms with E-state index in [-0.39, 0.29) is 12.6 Å². The van der Waals surface area contributed by atoms with E-state index in [0.29, 0.717) is 22.6 Å². The molecule has 1 heterocycles. The van der Waals surface area contributed by atoms with Gasteiger partial charge in [0.15, 0.2) is 0 Å². The predicted molar refractivity (Wildman–Crippen MR) is 111 cm³/mol. The number of hydrogen-bond acceptors (Lipinski definition) is 4. The van der Waals surface area contributed by atoms with E-state index in [4.69, 9.17) is 16.9 Å². The Morgan fingerprint density at radius 2 is 1.83 bits per heavy atom. The van der Waals surface area contributed by atoms with Crippen molar-refractivity contribution < 1.29 is 14.4 Å². The van der Waals surface area contributed by atoms with Gasteiger partial charge >= 0.3 is 6.03 Å². The molecule has 8 heteroatoms. The molecule has 2 atom stereocenters. The first-order valence-electron chi connectivity index (χ1n) is 9.48. The molecule has 0 bridgehead atoms. The van der Waals surface area contributed by atoms with Gasteiger partial charge in [0.25, 0.3) is 5.91 Å². The van der Waals surface area contributed by atoms with E-state index in [1.54, 1.807) is 43.3 Å². The zero-order valence-electron chi connectivity index (χ0n) is 16.6. The number of carbonyl (C=O) groups is 3. The third-order valence-corrected chi connectivity index (χ3v) is 5.44. The van der Waals surface area contributed by atoms with Gasteiger partial charge in [-0.3, -0.25) is 14.5 Å². The Kier molecular flexibility index (Phi) is 6.09. The van der Waals surface area contributed by atoms with Crippen molar-refractivity contribution in [2.75, 3.05) is 6.54 Å². The maximum atomic E-state index is 13.0. The molecule has 1 aliphatic rings. The second kappa shape index (κ2) is 8.56. The highest BCUT2D eigenvalue weighted by molar-refractivity contribution is 6.30. The van der Waals surface area contributed by atoms with Crippen LogP contribution in [0.4, 0.5) is 4.79 Å². The molecule has 0 aromatic heterocycles. The highest BCUT2D eigenvalue weighted by Crippen LogP contribution is 2.29. The number of nitrogens with one attached hydrogen (secondary N) is 2. The fourth-order valence-electron chi connectivity index (χ4n) is 3.41. The van der Waals surface area contributed by atoms with E-state index in [1.807, 2.05) is 25.1 Å². The quantitative estimate of drug-likeness (QED) is 0.695. The lowest BCUT2D eigenvalue weighted by Gasteiger charge is -2.23. The van der Waals surface area contributed by atoms with Crippen LogP contribution in [0.2, 0.25) is 5.02 Å². The Labute approximate surface area is 179 Å². The third-order valence-electron chi connectivity index (χ3n) is 5.18. The minimum absolute atomic E-state index is 0.263. The average molecular weight is 425 g/mol. The second-order valence-corrected chi connectivity index (χ2v) is 7.65. The van der Waals surface area contributed by atoms with Crippen LogP contribution < -0.4 is 10.6 Å². The van der Waals surface area contributed by atoms with Crippen molar-refractivity contribution in [2.24, 2.45) is 0 Å². The van der Waals surface area contributed by atoms with Gasteiger partial charge in [-0.15, -0.1) is 0 Å². The summed E-state index contributed by atoms with van der Waals surface area (Å²) in [6.45, 7) is 3.12. The number of rotatable bonds is 6. The Morgan fingerprint density at radius 3 is 2.40 bits per heavy atom. The highest BCUT2D eigenvalue weighted by Gasteiger charge is 2.49. The standard InChI is InChI=1S/C22H21ClN4O3/c1-3-18(15-6-10-17(23)11-7-15)25-19(28)13-27-20(29)22(2,26-21(27)30)16-8-4-14(12-24)5-9-16/h4-11,18H,3,13H2,1-2H3,(H,25,28)(H,26,30). The Balaban J connectivity index is 1.72. The number of urea groups is 1. The van der Waals surface area contributed by atoms with Crippen molar-refractivity contribution in [3.05, 3.63) is 70.2 Å². The van der Waals surface area contributed by atoms with Gasteiger partial charge in [0.05, 0.1) is 17.7 Å². The number of amides is 4. The summed E-state index contributed by atoms with van der Waals surface area (Å²) in [7, 11) is 0. The van der Waals surface area contributed by atoms with Crippen LogP contribution in [0.5, 0.6) is 0 Å². The molecule has 7 nitrogen and oxygen atoms in total. The SMILES string of the molecule is CCC(NC(=O)CN1C(=O)NC(C)(c2ccc(C#N)cc2)C1=O)c1ccc(Cl)cc1. The van der Waals surface area contributed by atoms with E-state index in [1.165, 1.54) is 0 Å². The average Bonchev–Trinajstić information content (AvgIpc) is 2.96. The van der Waals surface area contributed by atoms with E-state index in [9.17, 15) is 14.4 Å². The van der Waals surface area contributed by atoms with Gasteiger partial charge in [-0.05, 0) is 48.7 Å². The summed E-state index contributed by atoms with van der Waals surface area (Å²) in [6, 6.07) is 14.6. The van der Waals surface area contributed by atoms with Crippen molar-refractivity contribution in [2.45, 2.75) is 31.8 Å². The molecule has 3 rings (SSSR count). The topological polar surface area (TPSA) is 102 Å². The van der Waals surface area contributed by atoms with Crippen molar-refractivity contribution in [1.82, 2.24) is 15.5 Å². The summed E-state index contributed by atoms with van der Waals surface area (Å²) in [4.78, 5) is 38.9. The molecule has 1 aliphatic heterocycles. The highest BCUT2D eigenvalue weighted by atomic mass is 35.5. The molecule has 1 fully saturated rings. The van der Waals surface area contributed by atoms with Gasteiger partial charge in [0, 0.05) is 5.02 Å². The van der Waals surface area contributed by atoms with Crippen LogP contribution in [-0.2, 0) is 15.1 Å². The number of hydrogen-bond donors (Lipinski definition) is 2. The molecule has 2 aromatic carbocycles. The smallest absolute Gasteiger partial charge is 0.325 e. The fraction of sp³-hybridized carbons (Fsp3) is 0.273. The maximum absolute atomic E-state index is 13.0. The molecule has 2 unspecified atom stereocenters. The summed E-state index contributed by atoms with van der Waals surface area (Å²) in [5.74, 6) is -0.962. The van der Waals surface area contributed by atoms with Crippen molar-refractivity contribution in [1.29, 1.82) is 5.26 Å². The van der Waals surface area contributed by atoms with Crippen molar-refractivity contribution >= 4 is 29.4 Å². The van der Waals surface area contributed by atoms with Gasteiger partial charge < -0.3 is 10.6 Å². The zero-order valence-corrected chi connectivity index (χ0v) is 17.4. The largest absolute Gasteiger partial charge is 0.348 e. The first-order chi connectivity index (χ1) is 14.3. The van der Waals surface area contributed by atoms with Crippen LogP contribution in [0.25, 0.3) is 0 Å². The van der Waals surface area contributed by atoms with Gasteiger partial charge in [-0.2, -0.15) is 5.26 Å².